The Morgan fingerprint density at radius 2 is 1.88 bits per heavy atom. The predicted octanol–water partition coefficient (Wildman–Crippen LogP) is 3.27. The number of carbonyl (C=O) groups is 3. The summed E-state index contributed by atoms with van der Waals surface area (Å²) in [5.41, 5.74) is 0.988. The van der Waals surface area contributed by atoms with E-state index in [1.807, 2.05) is 0 Å². The van der Waals surface area contributed by atoms with Gasteiger partial charge in [-0.15, -0.1) is 11.3 Å². The van der Waals surface area contributed by atoms with Crippen molar-refractivity contribution < 1.29 is 33.5 Å². The molecule has 2 aromatic rings. The molecule has 1 aliphatic rings. The fraction of sp³-hybridized carbons (Fsp3) is 0.381. The Hall–Kier alpha value is -3.47. The van der Waals surface area contributed by atoms with Gasteiger partial charge in [-0.25, -0.2) is 9.59 Å². The average Bonchev–Trinajstić information content (AvgIpc) is 3.14. The Bertz CT molecular complexity index is 1030. The number of anilines is 1. The molecule has 170 valence electrons. The van der Waals surface area contributed by atoms with Crippen LogP contribution in [0.15, 0.2) is 24.3 Å². The largest absolute Gasteiger partial charge is 0.475 e. The Balaban J connectivity index is 1.57. The summed E-state index contributed by atoms with van der Waals surface area (Å²) in [4.78, 5) is 48.0. The number of benzene rings is 1. The molecule has 32 heavy (non-hydrogen) atoms. The lowest BCUT2D eigenvalue weighted by Crippen LogP contribution is -2.24. The Morgan fingerprint density at radius 3 is 2.62 bits per heavy atom. The van der Waals surface area contributed by atoms with Crippen LogP contribution >= 0.6 is 11.3 Å². The summed E-state index contributed by atoms with van der Waals surface area (Å²) in [6, 6.07) is 5.60. The first-order valence-corrected chi connectivity index (χ1v) is 10.9. The Labute approximate surface area is 187 Å². The minimum atomic E-state index is -0.866. The minimum Gasteiger partial charge on any atom is -0.475 e. The molecular weight excluding hydrogens is 440 g/mol. The number of nitrogens with zero attached hydrogens (tertiary/aromatic N) is 1. The number of thiophene rings is 1. The summed E-state index contributed by atoms with van der Waals surface area (Å²) in [5, 5.41) is 14.0. The van der Waals surface area contributed by atoms with Crippen molar-refractivity contribution in [2.75, 3.05) is 25.1 Å². The molecule has 11 heteroatoms. The van der Waals surface area contributed by atoms with Crippen molar-refractivity contribution in [3.63, 3.8) is 0 Å². The number of nitro groups is 1. The number of carbonyl (C=O) groups excluding carboxylic acids is 3. The molecular formula is C21H22N2O8S. The SMILES string of the molecule is CCOC(=O)c1c(NC(=O)COC(=O)COc2ccccc2[N+](=O)[O-])sc2c1CCCC2. The van der Waals surface area contributed by atoms with Crippen LogP contribution in [0.5, 0.6) is 5.75 Å². The zero-order chi connectivity index (χ0) is 23.1. The second kappa shape index (κ2) is 10.7. The number of hydrogen-bond acceptors (Lipinski definition) is 9. The highest BCUT2D eigenvalue weighted by atomic mass is 32.1. The lowest BCUT2D eigenvalue weighted by Gasteiger charge is -2.12. The smallest absolute Gasteiger partial charge is 0.344 e. The molecule has 1 heterocycles. The van der Waals surface area contributed by atoms with Gasteiger partial charge in [-0.05, 0) is 44.2 Å². The zero-order valence-electron chi connectivity index (χ0n) is 17.4. The van der Waals surface area contributed by atoms with Crippen LogP contribution in [0, 0.1) is 10.1 Å². The third-order valence-corrected chi connectivity index (χ3v) is 5.88. The topological polar surface area (TPSA) is 134 Å². The van der Waals surface area contributed by atoms with E-state index in [1.54, 1.807) is 6.92 Å². The summed E-state index contributed by atoms with van der Waals surface area (Å²) in [6.45, 7) is 0.734. The number of nitro benzene ring substituents is 1. The molecule has 0 saturated heterocycles. The molecule has 1 aliphatic carbocycles. The van der Waals surface area contributed by atoms with E-state index in [9.17, 15) is 24.5 Å². The van der Waals surface area contributed by atoms with Gasteiger partial charge < -0.3 is 19.5 Å². The quantitative estimate of drug-likeness (QED) is 0.341. The fourth-order valence-corrected chi connectivity index (χ4v) is 4.58. The maximum Gasteiger partial charge on any atom is 0.344 e. The first kappa shape index (κ1) is 23.2. The van der Waals surface area contributed by atoms with E-state index in [1.165, 1.54) is 35.6 Å². The molecule has 0 unspecified atom stereocenters. The van der Waals surface area contributed by atoms with Gasteiger partial charge in [0.1, 0.15) is 5.00 Å². The number of para-hydroxylation sites is 2. The number of hydrogen-bond donors (Lipinski definition) is 1. The van der Waals surface area contributed by atoms with Crippen molar-refractivity contribution in [3.05, 3.63) is 50.4 Å². The Kier molecular flexibility index (Phi) is 7.77. The monoisotopic (exact) mass is 462 g/mol. The second-order valence-corrected chi connectivity index (χ2v) is 7.96. The van der Waals surface area contributed by atoms with Crippen LogP contribution in [0.4, 0.5) is 10.7 Å². The lowest BCUT2D eigenvalue weighted by molar-refractivity contribution is -0.385. The molecule has 1 aromatic heterocycles. The summed E-state index contributed by atoms with van der Waals surface area (Å²) < 4.78 is 15.2. The van der Waals surface area contributed by atoms with E-state index in [0.29, 0.717) is 10.6 Å². The van der Waals surface area contributed by atoms with Gasteiger partial charge in [0.05, 0.1) is 17.1 Å². The molecule has 0 atom stereocenters. The molecule has 0 saturated carbocycles. The van der Waals surface area contributed by atoms with Crippen molar-refractivity contribution in [2.45, 2.75) is 32.6 Å². The number of nitrogens with one attached hydrogen (secondary N) is 1. The number of ether oxygens (including phenoxy) is 3. The van der Waals surface area contributed by atoms with E-state index in [2.05, 4.69) is 5.32 Å². The van der Waals surface area contributed by atoms with Crippen molar-refractivity contribution in [3.8, 4) is 5.75 Å². The fourth-order valence-electron chi connectivity index (χ4n) is 3.29. The van der Waals surface area contributed by atoms with E-state index in [0.717, 1.165) is 36.1 Å². The van der Waals surface area contributed by atoms with Crippen LogP contribution in [-0.4, -0.2) is 42.6 Å². The average molecular weight is 462 g/mol. The number of amides is 1. The van der Waals surface area contributed by atoms with Gasteiger partial charge in [0.15, 0.2) is 19.0 Å². The predicted molar refractivity (Wildman–Crippen MR) is 115 cm³/mol. The molecule has 0 fully saturated rings. The summed E-state index contributed by atoms with van der Waals surface area (Å²) in [6.07, 6.45) is 3.55. The maximum absolute atomic E-state index is 12.4. The first-order chi connectivity index (χ1) is 15.4. The lowest BCUT2D eigenvalue weighted by atomic mass is 9.95. The van der Waals surface area contributed by atoms with Crippen LogP contribution in [0.2, 0.25) is 0 Å². The molecule has 1 N–H and O–H groups in total. The van der Waals surface area contributed by atoms with Gasteiger partial charge in [-0.2, -0.15) is 0 Å². The molecule has 0 aliphatic heterocycles. The van der Waals surface area contributed by atoms with E-state index >= 15 is 0 Å². The molecule has 3 rings (SSSR count). The second-order valence-electron chi connectivity index (χ2n) is 6.86. The van der Waals surface area contributed by atoms with E-state index < -0.39 is 36.0 Å². The van der Waals surface area contributed by atoms with Crippen LogP contribution in [0.1, 0.15) is 40.6 Å². The van der Waals surface area contributed by atoms with Crippen LogP contribution < -0.4 is 10.1 Å². The van der Waals surface area contributed by atoms with Gasteiger partial charge >= 0.3 is 17.6 Å². The maximum atomic E-state index is 12.4. The van der Waals surface area contributed by atoms with Crippen LogP contribution in [0.3, 0.4) is 0 Å². The molecule has 1 amide bonds. The normalized spacial score (nSPS) is 12.4. The standard InChI is InChI=1S/C21H22N2O8S/c1-2-29-21(26)19-13-7-3-6-10-16(13)32-20(19)22-17(24)11-31-18(25)12-30-15-9-5-4-8-14(15)23(27)28/h4-5,8-9H,2-3,6-7,10-12H2,1H3,(H,22,24). The van der Waals surface area contributed by atoms with Crippen molar-refractivity contribution in [1.82, 2.24) is 0 Å². The number of esters is 2. The highest BCUT2D eigenvalue weighted by Crippen LogP contribution is 2.38. The van der Waals surface area contributed by atoms with Gasteiger partial charge in [-0.1, -0.05) is 12.1 Å². The van der Waals surface area contributed by atoms with Crippen molar-refractivity contribution in [2.24, 2.45) is 0 Å². The van der Waals surface area contributed by atoms with Gasteiger partial charge in [0, 0.05) is 10.9 Å². The molecule has 10 nitrogen and oxygen atoms in total. The van der Waals surface area contributed by atoms with E-state index in [-0.39, 0.29) is 18.0 Å². The van der Waals surface area contributed by atoms with Gasteiger partial charge in [-0.3, -0.25) is 14.9 Å². The third kappa shape index (κ3) is 5.61. The molecule has 0 radical (unpaired) electrons. The third-order valence-electron chi connectivity index (χ3n) is 4.68. The van der Waals surface area contributed by atoms with Crippen LogP contribution in [0.25, 0.3) is 0 Å². The Morgan fingerprint density at radius 1 is 1.12 bits per heavy atom. The number of fused-ring (bicyclic) bond motifs is 1. The van der Waals surface area contributed by atoms with Crippen LogP contribution in [-0.2, 0) is 31.9 Å². The molecule has 0 bridgehead atoms. The highest BCUT2D eigenvalue weighted by Gasteiger charge is 2.27. The van der Waals surface area contributed by atoms with Gasteiger partial charge in [0.2, 0.25) is 0 Å². The molecule has 0 spiro atoms. The van der Waals surface area contributed by atoms with E-state index in [4.69, 9.17) is 14.2 Å². The number of aryl methyl sites for hydroxylation is 1. The highest BCUT2D eigenvalue weighted by molar-refractivity contribution is 7.17. The van der Waals surface area contributed by atoms with Gasteiger partial charge in [0.25, 0.3) is 5.91 Å². The number of rotatable bonds is 9. The summed E-state index contributed by atoms with van der Waals surface area (Å²) in [7, 11) is 0. The molecule has 1 aromatic carbocycles. The van der Waals surface area contributed by atoms with Crippen molar-refractivity contribution in [1.29, 1.82) is 0 Å². The zero-order valence-corrected chi connectivity index (χ0v) is 18.2. The first-order valence-electron chi connectivity index (χ1n) is 10.0. The minimum absolute atomic E-state index is 0.0813. The van der Waals surface area contributed by atoms with Crippen molar-refractivity contribution >= 4 is 39.9 Å². The summed E-state index contributed by atoms with van der Waals surface area (Å²) >= 11 is 1.33. The summed E-state index contributed by atoms with van der Waals surface area (Å²) in [5.74, 6) is -2.05.